The van der Waals surface area contributed by atoms with E-state index in [9.17, 15) is 0 Å². The maximum Gasteiger partial charge on any atom is 0.124 e. The Kier molecular flexibility index (Phi) is 1.73. The molecule has 0 radical (unpaired) electrons. The molecule has 2 heterocycles. The Hall–Kier alpha value is -1.84. The van der Waals surface area contributed by atoms with E-state index < -0.39 is 0 Å². The van der Waals surface area contributed by atoms with Crippen LogP contribution in [0.5, 0.6) is 0 Å². The molecule has 13 heavy (non-hydrogen) atoms. The number of anilines is 1. The van der Waals surface area contributed by atoms with Gasteiger partial charge in [-0.3, -0.25) is 5.10 Å². The largest absolute Gasteiger partial charge is 0.384 e. The Morgan fingerprint density at radius 1 is 1.38 bits per heavy atom. The fraction of sp³-hybridized carbons (Fsp3) is 0.111. The van der Waals surface area contributed by atoms with Crippen LogP contribution in [0.2, 0.25) is 0 Å². The average Bonchev–Trinajstić information content (AvgIpc) is 2.53. The zero-order valence-electron chi connectivity index (χ0n) is 7.28. The molecule has 3 N–H and O–H groups in total. The number of nitrogen functional groups attached to an aromatic ring is 1. The molecule has 0 fully saturated rings. The van der Waals surface area contributed by atoms with Crippen molar-refractivity contribution >= 4 is 5.82 Å². The predicted octanol–water partition coefficient (Wildman–Crippen LogP) is 1.36. The van der Waals surface area contributed by atoms with Crippen LogP contribution in [-0.2, 0) is 0 Å². The number of pyridine rings is 1. The monoisotopic (exact) mass is 174 g/mol. The summed E-state index contributed by atoms with van der Waals surface area (Å²) in [6, 6.07) is 5.68. The maximum atomic E-state index is 5.62. The van der Waals surface area contributed by atoms with Crippen LogP contribution in [0.4, 0.5) is 5.82 Å². The average molecular weight is 174 g/mol. The molecule has 2 rings (SSSR count). The summed E-state index contributed by atoms with van der Waals surface area (Å²) in [6.45, 7) is 1.91. The van der Waals surface area contributed by atoms with E-state index in [0.717, 1.165) is 17.0 Å². The minimum Gasteiger partial charge on any atom is -0.384 e. The van der Waals surface area contributed by atoms with Crippen molar-refractivity contribution in [3.8, 4) is 11.3 Å². The minimum atomic E-state index is 0.532. The molecule has 0 bridgehead atoms. The minimum absolute atomic E-state index is 0.532. The van der Waals surface area contributed by atoms with Gasteiger partial charge in [-0.05, 0) is 25.1 Å². The molecule has 0 aliphatic heterocycles. The van der Waals surface area contributed by atoms with Crippen molar-refractivity contribution in [3.63, 3.8) is 0 Å². The second-order valence-electron chi connectivity index (χ2n) is 2.89. The van der Waals surface area contributed by atoms with Gasteiger partial charge >= 0.3 is 0 Å². The zero-order chi connectivity index (χ0) is 9.26. The van der Waals surface area contributed by atoms with Gasteiger partial charge in [0.25, 0.3) is 0 Å². The standard InChI is InChI=1S/C9H10N4/c1-6-4-7(5-9(10)12-6)8-2-3-11-13-8/h2-5H,1H3,(H2,10,12)(H,11,13). The molecule has 4 nitrogen and oxygen atoms in total. The van der Waals surface area contributed by atoms with E-state index >= 15 is 0 Å². The Balaban J connectivity index is 2.53. The number of H-pyrrole nitrogens is 1. The lowest BCUT2D eigenvalue weighted by Crippen LogP contribution is -1.93. The highest BCUT2D eigenvalue weighted by Gasteiger charge is 2.00. The molecular weight excluding hydrogens is 164 g/mol. The molecular formula is C9H10N4. The Labute approximate surface area is 75.8 Å². The molecule has 2 aromatic heterocycles. The fourth-order valence-corrected chi connectivity index (χ4v) is 1.27. The highest BCUT2D eigenvalue weighted by atomic mass is 15.1. The van der Waals surface area contributed by atoms with Crippen LogP contribution in [0.3, 0.4) is 0 Å². The molecule has 0 amide bonds. The highest BCUT2D eigenvalue weighted by Crippen LogP contribution is 2.18. The second kappa shape index (κ2) is 2.90. The lowest BCUT2D eigenvalue weighted by molar-refractivity contribution is 1.09. The number of aryl methyl sites for hydroxylation is 1. The van der Waals surface area contributed by atoms with E-state index in [-0.39, 0.29) is 0 Å². The molecule has 4 heteroatoms. The molecule has 0 aromatic carbocycles. The van der Waals surface area contributed by atoms with Crippen molar-refractivity contribution < 1.29 is 0 Å². The predicted molar refractivity (Wildman–Crippen MR) is 51.0 cm³/mol. The summed E-state index contributed by atoms with van der Waals surface area (Å²) in [5.74, 6) is 0.532. The summed E-state index contributed by atoms with van der Waals surface area (Å²) in [6.07, 6.45) is 1.71. The van der Waals surface area contributed by atoms with Gasteiger partial charge in [-0.2, -0.15) is 5.10 Å². The van der Waals surface area contributed by atoms with Crippen LogP contribution in [0.1, 0.15) is 5.69 Å². The molecule has 0 atom stereocenters. The van der Waals surface area contributed by atoms with Crippen LogP contribution in [0.15, 0.2) is 24.4 Å². The number of nitrogens with two attached hydrogens (primary N) is 1. The van der Waals surface area contributed by atoms with Crippen molar-refractivity contribution in [1.29, 1.82) is 0 Å². The van der Waals surface area contributed by atoms with E-state index in [4.69, 9.17) is 5.73 Å². The number of aromatic amines is 1. The van der Waals surface area contributed by atoms with Gasteiger partial charge < -0.3 is 5.73 Å². The lowest BCUT2D eigenvalue weighted by Gasteiger charge is -2.00. The molecule has 0 saturated carbocycles. The fourth-order valence-electron chi connectivity index (χ4n) is 1.27. The van der Waals surface area contributed by atoms with Crippen molar-refractivity contribution in [3.05, 3.63) is 30.1 Å². The van der Waals surface area contributed by atoms with E-state index in [1.165, 1.54) is 0 Å². The van der Waals surface area contributed by atoms with E-state index in [1.807, 2.05) is 25.1 Å². The van der Waals surface area contributed by atoms with Crippen LogP contribution in [0, 0.1) is 6.92 Å². The normalized spacial score (nSPS) is 10.2. The number of hydrogen-bond donors (Lipinski definition) is 2. The first-order valence-electron chi connectivity index (χ1n) is 3.99. The number of hydrogen-bond acceptors (Lipinski definition) is 3. The number of rotatable bonds is 1. The molecule has 0 saturated heterocycles. The van der Waals surface area contributed by atoms with Gasteiger partial charge in [-0.1, -0.05) is 0 Å². The van der Waals surface area contributed by atoms with Crippen LogP contribution >= 0.6 is 0 Å². The van der Waals surface area contributed by atoms with Gasteiger partial charge in [0.2, 0.25) is 0 Å². The summed E-state index contributed by atoms with van der Waals surface area (Å²) < 4.78 is 0. The van der Waals surface area contributed by atoms with Gasteiger partial charge in [-0.25, -0.2) is 4.98 Å². The highest BCUT2D eigenvalue weighted by molar-refractivity contribution is 5.62. The summed E-state index contributed by atoms with van der Waals surface area (Å²) in [7, 11) is 0. The number of aromatic nitrogens is 3. The first-order chi connectivity index (χ1) is 6.25. The number of nitrogens with zero attached hydrogens (tertiary/aromatic N) is 2. The van der Waals surface area contributed by atoms with E-state index in [0.29, 0.717) is 5.82 Å². The SMILES string of the molecule is Cc1cc(-c2ccn[nH]2)cc(N)n1. The van der Waals surface area contributed by atoms with Crippen molar-refractivity contribution in [2.45, 2.75) is 6.92 Å². The van der Waals surface area contributed by atoms with Gasteiger partial charge in [0, 0.05) is 17.5 Å². The van der Waals surface area contributed by atoms with Crippen molar-refractivity contribution in [2.75, 3.05) is 5.73 Å². The maximum absolute atomic E-state index is 5.62. The smallest absolute Gasteiger partial charge is 0.124 e. The topological polar surface area (TPSA) is 67.6 Å². The Morgan fingerprint density at radius 2 is 2.23 bits per heavy atom. The lowest BCUT2D eigenvalue weighted by atomic mass is 10.1. The van der Waals surface area contributed by atoms with Crippen LogP contribution in [0.25, 0.3) is 11.3 Å². The van der Waals surface area contributed by atoms with Crippen LogP contribution in [-0.4, -0.2) is 15.2 Å². The number of nitrogens with one attached hydrogen (secondary N) is 1. The summed E-state index contributed by atoms with van der Waals surface area (Å²) >= 11 is 0. The molecule has 0 spiro atoms. The van der Waals surface area contributed by atoms with Gasteiger partial charge in [0.05, 0.1) is 5.69 Å². The first-order valence-corrected chi connectivity index (χ1v) is 3.99. The molecule has 2 aromatic rings. The summed E-state index contributed by atoms with van der Waals surface area (Å²) in [5.41, 5.74) is 8.50. The second-order valence-corrected chi connectivity index (χ2v) is 2.89. The third-order valence-electron chi connectivity index (χ3n) is 1.78. The zero-order valence-corrected chi connectivity index (χ0v) is 7.28. The van der Waals surface area contributed by atoms with E-state index in [1.54, 1.807) is 6.20 Å². The Bertz CT molecular complexity index is 385. The van der Waals surface area contributed by atoms with Crippen LogP contribution < -0.4 is 5.73 Å². The molecule has 0 unspecified atom stereocenters. The van der Waals surface area contributed by atoms with Crippen molar-refractivity contribution in [1.82, 2.24) is 15.2 Å². The third-order valence-corrected chi connectivity index (χ3v) is 1.78. The summed E-state index contributed by atoms with van der Waals surface area (Å²) in [5, 5.41) is 6.75. The van der Waals surface area contributed by atoms with E-state index in [2.05, 4.69) is 15.2 Å². The van der Waals surface area contributed by atoms with Gasteiger partial charge in [0.15, 0.2) is 0 Å². The summed E-state index contributed by atoms with van der Waals surface area (Å²) in [4.78, 5) is 4.09. The molecule has 66 valence electrons. The Morgan fingerprint density at radius 3 is 2.85 bits per heavy atom. The van der Waals surface area contributed by atoms with Crippen molar-refractivity contribution in [2.24, 2.45) is 0 Å². The quantitative estimate of drug-likeness (QED) is 0.686. The van der Waals surface area contributed by atoms with Gasteiger partial charge in [0.1, 0.15) is 5.82 Å². The molecule has 0 aliphatic carbocycles. The third kappa shape index (κ3) is 1.51. The van der Waals surface area contributed by atoms with Gasteiger partial charge in [-0.15, -0.1) is 0 Å². The molecule has 0 aliphatic rings. The first kappa shape index (κ1) is 7.79.